The molecule has 7 amide bonds. The number of piperidine rings is 7. The highest BCUT2D eigenvalue weighted by Crippen LogP contribution is 2.33. The predicted octanol–water partition coefficient (Wildman–Crippen LogP) is 12.8. The number of carbonyl (C=O) groups is 11. The maximum Gasteiger partial charge on any atom is 0.268 e. The van der Waals surface area contributed by atoms with Crippen molar-refractivity contribution in [3.05, 3.63) is 196 Å². The molecule has 0 saturated carbocycles. The number of aromatic amines is 1. The molecule has 7 fully saturated rings. The molecule has 0 atom stereocenters. The van der Waals surface area contributed by atoms with Crippen LogP contribution >= 0.6 is 0 Å². The van der Waals surface area contributed by atoms with Crippen molar-refractivity contribution in [2.24, 2.45) is 14.1 Å². The molecule has 3 aromatic rings. The van der Waals surface area contributed by atoms with Gasteiger partial charge in [-0.15, -0.1) is 0 Å². The van der Waals surface area contributed by atoms with Gasteiger partial charge < -0.3 is 85.6 Å². The summed E-state index contributed by atoms with van der Waals surface area (Å²) in [6.07, 6.45) is 32.0. The van der Waals surface area contributed by atoms with Gasteiger partial charge >= 0.3 is 0 Å². The fourth-order valence-corrected chi connectivity index (χ4v) is 19.9. The summed E-state index contributed by atoms with van der Waals surface area (Å²) < 4.78 is 16.9. The Labute approximate surface area is 867 Å². The smallest absolute Gasteiger partial charge is 0.268 e. The molecule has 14 rings (SSSR count). The van der Waals surface area contributed by atoms with Crippen LogP contribution in [0.4, 0.5) is 4.39 Å². The minimum absolute atomic E-state index is 0.00512. The molecular formula is C114H174FN17O14. The molecule has 7 saturated heterocycles. The standard InChI is InChI=1S/C17H27N3O2.2C17H26N2O2.C16H23FN2O2.C16H25N3O2.C16H24N2O2.C15H23N3O2/c1-12(2)20-8-6-17(4,7-9-20)18-16(22)15-11-14(21)10-13(3)19(15)5;1-12(2)19-7-5-17(4,6-8-19)18-16(21)14-9-13(3)10-15(20)11-14;1-12(2)19-9-7-17(4,8-10-19)18-16(21)15-11-14(20)6-5-13(15)3;1-11(2)19-8-6-16(3,7-9-19)18-15(21)13-10-12(20)4-5-14(13)17;1-12(2)19-10-7-16(3,8-11-19)17-14(20)13-6-5-9-18(4)15(13)21;1-12(2)18-9-7-16(3,8-10-18)17-15(20)13-5-4-6-14(19)11-13;1-11(2)18-8-5-15(3,6-9-18)17-14(20)12-10-16-7-4-13(12)19/h10-12H,6-9H2,1-5H3,(H,18,22);10-12H,5-9H2,1-4H3,(H,18,21);5-6,12H,7-11H2,1-4H3,(H,18,21);4-5,11H,6-10H2,1-3H3,(H,18,21);5-6,9,12H,7-8,10-11H2,1-4H3,(H,17,20);4,6,11-12H,5,7-10H2,1-3H3,(H,17,20);4,7,10-11H,5-6,8-9H2,1-3H3,(H,16,19)(H,17,20). The number of likely N-dealkylation sites (tertiary alicyclic amines) is 7. The number of pyridine rings is 3. The summed E-state index contributed by atoms with van der Waals surface area (Å²) in [7, 11) is 3.47. The first-order chi connectivity index (χ1) is 68.2. The monoisotopic (exact) mass is 2020 g/mol. The van der Waals surface area contributed by atoms with E-state index in [2.05, 4.69) is 215 Å². The van der Waals surface area contributed by atoms with Crippen molar-refractivity contribution in [1.29, 1.82) is 0 Å². The molecule has 3 aromatic heterocycles. The number of rotatable bonds is 21. The summed E-state index contributed by atoms with van der Waals surface area (Å²) >= 11 is 0. The molecule has 8 N–H and O–H groups in total. The molecule has 7 aliphatic heterocycles. The Kier molecular flexibility index (Phi) is 44.2. The fourth-order valence-electron chi connectivity index (χ4n) is 19.9. The Morgan fingerprint density at radius 3 is 1.05 bits per heavy atom. The van der Waals surface area contributed by atoms with Gasteiger partial charge in [-0.3, -0.25) is 67.1 Å². The van der Waals surface area contributed by atoms with Gasteiger partial charge in [-0.05, 0) is 329 Å². The highest BCUT2D eigenvalue weighted by atomic mass is 19.1. The number of halogens is 1. The number of nitrogens with zero attached hydrogens (tertiary/aromatic N) is 9. The third-order valence-corrected chi connectivity index (χ3v) is 31.2. The quantitative estimate of drug-likeness (QED) is 0.0491. The van der Waals surface area contributed by atoms with Crippen LogP contribution in [0, 0.1) is 6.92 Å². The van der Waals surface area contributed by atoms with Crippen LogP contribution < -0.4 is 53.6 Å². The molecule has 0 radical (unpaired) electrons. The number of nitrogens with one attached hydrogen (secondary N) is 8. The van der Waals surface area contributed by atoms with Gasteiger partial charge in [-0.25, -0.2) is 4.39 Å². The lowest BCUT2D eigenvalue weighted by Crippen LogP contribution is -2.55. The Hall–Kier alpha value is -10.6. The van der Waals surface area contributed by atoms with E-state index >= 15 is 0 Å². The third kappa shape index (κ3) is 36.4. The number of aromatic nitrogens is 3. The van der Waals surface area contributed by atoms with Crippen LogP contribution in [0.1, 0.15) is 312 Å². The number of carbonyl (C=O) groups excluding carboxylic acids is 11. The van der Waals surface area contributed by atoms with Gasteiger partial charge in [0.05, 0.1) is 5.57 Å². The first kappa shape index (κ1) is 121. The minimum atomic E-state index is -0.602. The molecule has 4 aliphatic carbocycles. The van der Waals surface area contributed by atoms with E-state index < -0.39 is 11.7 Å². The lowest BCUT2D eigenvalue weighted by atomic mass is 9.87. The van der Waals surface area contributed by atoms with Gasteiger partial charge in [0.15, 0.2) is 34.0 Å². The molecule has 146 heavy (non-hydrogen) atoms. The van der Waals surface area contributed by atoms with Crippen LogP contribution in [-0.4, -0.2) is 286 Å². The van der Waals surface area contributed by atoms with E-state index in [-0.39, 0.29) is 143 Å². The zero-order valence-electron chi connectivity index (χ0n) is 92.6. The summed E-state index contributed by atoms with van der Waals surface area (Å²) in [4.78, 5) is 187. The maximum absolute atomic E-state index is 13.7. The van der Waals surface area contributed by atoms with Gasteiger partial charge in [0, 0.05) is 259 Å². The Morgan fingerprint density at radius 1 is 0.363 bits per heavy atom. The van der Waals surface area contributed by atoms with Crippen LogP contribution in [0.15, 0.2) is 157 Å². The lowest BCUT2D eigenvalue weighted by Gasteiger charge is -2.41. The van der Waals surface area contributed by atoms with Crippen LogP contribution in [0.3, 0.4) is 0 Å². The largest absolute Gasteiger partial charge is 0.367 e. The molecular weight excluding hydrogens is 1850 g/mol. The summed E-state index contributed by atoms with van der Waals surface area (Å²) in [5.74, 6) is -2.43. The number of H-pyrrole nitrogens is 1. The Balaban J connectivity index is 0.000000208. The second-order valence-corrected chi connectivity index (χ2v) is 45.9. The fraction of sp³-hybridized carbons (Fsp3) is 0.632. The zero-order valence-corrected chi connectivity index (χ0v) is 92.6. The SMILES string of the molecule is CC(C)N1CCC(C)(NC(=O)C2=C(F)C=CC(=O)C2)CC1.CC(C)N1CCC(C)(NC(=O)C2=CC(=O)C=CC2)CC1.CC(C)N1CCC(C)(NC(=O)c2c[nH]ccc2=O)CC1.CC(C)N1CCC(C)(NC(=O)c2cccn(C)c2=O)CC1.CC1=C(C(=O)NC2(C)CCN(C(C)C)CC2)CC(=O)C=C1.CC1=CC(=O)C=C(C(=O)NC2(C)CCN(C(C)C)CC2)C1.Cc1cc(=O)cc(C(=O)NC2(C)CCN(C(C)C)CC2)n1C. The van der Waals surface area contributed by atoms with Crippen molar-refractivity contribution in [3.63, 3.8) is 0 Å². The normalized spacial score (nSPS) is 21.0. The highest BCUT2D eigenvalue weighted by molar-refractivity contribution is 6.10. The summed E-state index contributed by atoms with van der Waals surface area (Å²) in [6.45, 7) is 64.5. The molecule has 0 aromatic carbocycles. The molecule has 806 valence electrons. The molecule has 0 spiro atoms. The van der Waals surface area contributed by atoms with E-state index in [1.165, 1.54) is 53.4 Å². The van der Waals surface area contributed by atoms with Crippen molar-refractivity contribution in [1.82, 2.24) is 85.6 Å². The van der Waals surface area contributed by atoms with Crippen molar-refractivity contribution in [2.45, 2.75) is 363 Å². The number of hydrogen-bond donors (Lipinski definition) is 8. The number of amides is 7. The van der Waals surface area contributed by atoms with Gasteiger partial charge in [0.25, 0.3) is 29.2 Å². The zero-order chi connectivity index (χ0) is 108. The van der Waals surface area contributed by atoms with Crippen molar-refractivity contribution in [2.75, 3.05) is 91.6 Å². The molecule has 11 aliphatic rings. The number of hydrogen-bond acceptors (Lipinski definition) is 21. The van der Waals surface area contributed by atoms with Gasteiger partial charge in [0.2, 0.25) is 17.7 Å². The third-order valence-electron chi connectivity index (χ3n) is 31.2. The number of allylic oxidation sites excluding steroid dienone is 12. The molecule has 32 heteroatoms. The Morgan fingerprint density at radius 2 is 0.692 bits per heavy atom. The average Bonchev–Trinajstić information content (AvgIpc) is 0.825. The number of aryl methyl sites for hydroxylation is 2. The molecule has 10 heterocycles. The first-order valence-electron chi connectivity index (χ1n) is 53.0. The second kappa shape index (κ2) is 53.5. The van der Waals surface area contributed by atoms with Crippen LogP contribution in [0.25, 0.3) is 0 Å². The minimum Gasteiger partial charge on any atom is -0.367 e. The average molecular weight is 2030 g/mol. The van der Waals surface area contributed by atoms with Crippen LogP contribution in [0.2, 0.25) is 0 Å². The van der Waals surface area contributed by atoms with Gasteiger partial charge in [-0.1, -0.05) is 17.7 Å². The van der Waals surface area contributed by atoms with E-state index in [1.54, 1.807) is 60.3 Å². The van der Waals surface area contributed by atoms with E-state index in [0.717, 1.165) is 204 Å². The predicted molar refractivity (Wildman–Crippen MR) is 577 cm³/mol. The highest BCUT2D eigenvalue weighted by Gasteiger charge is 2.42. The van der Waals surface area contributed by atoms with Crippen molar-refractivity contribution >= 4 is 64.5 Å². The topological polar surface area (TPSA) is 372 Å². The summed E-state index contributed by atoms with van der Waals surface area (Å²) in [5.41, 5.74) is 3.08. The van der Waals surface area contributed by atoms with Crippen LogP contribution in [0.5, 0.6) is 0 Å². The van der Waals surface area contributed by atoms with E-state index in [1.807, 2.05) is 34.7 Å². The second-order valence-electron chi connectivity index (χ2n) is 45.9. The van der Waals surface area contributed by atoms with Crippen molar-refractivity contribution in [3.8, 4) is 0 Å². The molecule has 31 nitrogen and oxygen atoms in total. The lowest BCUT2D eigenvalue weighted by molar-refractivity contribution is -0.122. The van der Waals surface area contributed by atoms with E-state index in [0.29, 0.717) is 77.5 Å². The molecule has 0 bridgehead atoms. The summed E-state index contributed by atoms with van der Waals surface area (Å²) in [6, 6.07) is 11.4. The molecule has 0 unspecified atom stereocenters. The van der Waals surface area contributed by atoms with Crippen LogP contribution in [-0.2, 0) is 52.5 Å². The Bertz CT molecular complexity index is 5450. The van der Waals surface area contributed by atoms with E-state index in [9.17, 15) is 71.5 Å². The summed E-state index contributed by atoms with van der Waals surface area (Å²) in [5, 5.41) is 21.6. The van der Waals surface area contributed by atoms with Gasteiger partial charge in [0.1, 0.15) is 22.6 Å². The maximum atomic E-state index is 13.7. The van der Waals surface area contributed by atoms with E-state index in [4.69, 9.17) is 0 Å². The first-order valence-corrected chi connectivity index (χ1v) is 53.0. The van der Waals surface area contributed by atoms with Crippen molar-refractivity contribution < 1.29 is 57.1 Å². The van der Waals surface area contributed by atoms with Gasteiger partial charge in [-0.2, -0.15) is 0 Å². The number of ketones is 4.